The van der Waals surface area contributed by atoms with Gasteiger partial charge in [-0.2, -0.15) is 9.97 Å². The van der Waals surface area contributed by atoms with Crippen LogP contribution in [0.3, 0.4) is 0 Å². The predicted octanol–water partition coefficient (Wildman–Crippen LogP) is 5.48. The maximum atomic E-state index is 13.3. The number of nitrogens with one attached hydrogen (secondary N) is 3. The predicted molar refractivity (Wildman–Crippen MR) is 159 cm³/mol. The Morgan fingerprint density at radius 3 is 2.24 bits per heavy atom. The molecule has 1 heterocycles. The minimum absolute atomic E-state index is 0.0301. The first-order chi connectivity index (χ1) is 21.6. The zero-order valence-electron chi connectivity index (χ0n) is 25.0. The van der Waals surface area contributed by atoms with Gasteiger partial charge in [-0.25, -0.2) is 0 Å². The van der Waals surface area contributed by atoms with Gasteiger partial charge < -0.3 is 34.9 Å². The van der Waals surface area contributed by atoms with Crippen LogP contribution >= 0.6 is 0 Å². The maximum Gasteiger partial charge on any atom is 0.573 e. The van der Waals surface area contributed by atoms with Crippen LogP contribution in [0.5, 0.6) is 29.3 Å². The van der Waals surface area contributed by atoms with Gasteiger partial charge in [0.25, 0.3) is 5.91 Å². The average molecular weight is 632 g/mol. The Kier molecular flexibility index (Phi) is 11.7. The number of carbonyl (C=O) groups excluding carboxylic acids is 2. The Balaban J connectivity index is 1.36. The highest BCUT2D eigenvalue weighted by atomic mass is 19.4. The van der Waals surface area contributed by atoms with Crippen molar-refractivity contribution in [2.45, 2.75) is 50.9 Å². The number of halogens is 3. The molecule has 242 valence electrons. The normalized spacial score (nSPS) is 14.2. The molecule has 0 spiro atoms. The summed E-state index contributed by atoms with van der Waals surface area (Å²) < 4.78 is 57.1. The van der Waals surface area contributed by atoms with E-state index in [4.69, 9.17) is 14.2 Å². The smallest absolute Gasteiger partial charge is 0.481 e. The van der Waals surface area contributed by atoms with E-state index < -0.39 is 18.3 Å². The van der Waals surface area contributed by atoms with Crippen LogP contribution in [0.25, 0.3) is 0 Å². The van der Waals surface area contributed by atoms with E-state index in [0.29, 0.717) is 30.3 Å². The van der Waals surface area contributed by atoms with E-state index >= 15 is 0 Å². The van der Waals surface area contributed by atoms with Crippen LogP contribution in [-0.4, -0.2) is 61.5 Å². The second-order valence-electron chi connectivity index (χ2n) is 10.4. The molecule has 0 saturated heterocycles. The number of hydrogen-bond donors (Lipinski definition) is 3. The SMILES string of the molecule is COc1cc(OC)nc(Oc2cccc(C(=O)NC(CC3CCCCC3)C(=O)NCCNc3ccc(OC(F)(F)F)cc3)c2)n1. The van der Waals surface area contributed by atoms with Crippen LogP contribution < -0.4 is 34.9 Å². The molecule has 45 heavy (non-hydrogen) atoms. The number of anilines is 1. The second kappa shape index (κ2) is 15.8. The van der Waals surface area contributed by atoms with Gasteiger partial charge in [-0.05, 0) is 54.8 Å². The van der Waals surface area contributed by atoms with Gasteiger partial charge in [0.1, 0.15) is 17.5 Å². The van der Waals surface area contributed by atoms with E-state index in [0.717, 1.165) is 32.1 Å². The number of methoxy groups -OCH3 is 2. The first-order valence-corrected chi connectivity index (χ1v) is 14.5. The van der Waals surface area contributed by atoms with Crippen LogP contribution in [0.2, 0.25) is 0 Å². The lowest BCUT2D eigenvalue weighted by Crippen LogP contribution is -2.48. The number of hydrogen-bond acceptors (Lipinski definition) is 9. The van der Waals surface area contributed by atoms with E-state index in [1.54, 1.807) is 18.2 Å². The van der Waals surface area contributed by atoms with Crippen molar-refractivity contribution in [3.05, 3.63) is 60.2 Å². The minimum Gasteiger partial charge on any atom is -0.481 e. The molecule has 14 heteroatoms. The molecule has 1 aliphatic carbocycles. The number of alkyl halides is 3. The lowest BCUT2D eigenvalue weighted by Gasteiger charge is -2.26. The van der Waals surface area contributed by atoms with E-state index in [2.05, 4.69) is 30.7 Å². The molecule has 4 rings (SSSR count). The molecule has 1 atom stereocenters. The summed E-state index contributed by atoms with van der Waals surface area (Å²) in [5.41, 5.74) is 0.842. The van der Waals surface area contributed by atoms with Crippen LogP contribution in [0.4, 0.5) is 18.9 Å². The van der Waals surface area contributed by atoms with Gasteiger partial charge in [-0.15, -0.1) is 13.2 Å². The van der Waals surface area contributed by atoms with Crippen molar-refractivity contribution in [1.29, 1.82) is 0 Å². The van der Waals surface area contributed by atoms with Crippen LogP contribution in [0.15, 0.2) is 54.6 Å². The molecule has 3 N–H and O–H groups in total. The summed E-state index contributed by atoms with van der Waals surface area (Å²) in [7, 11) is 2.90. The van der Waals surface area contributed by atoms with Crippen molar-refractivity contribution in [2.24, 2.45) is 5.92 Å². The molecule has 11 nitrogen and oxygen atoms in total. The topological polar surface area (TPSA) is 133 Å². The summed E-state index contributed by atoms with van der Waals surface area (Å²) in [6.07, 6.45) is 1.04. The summed E-state index contributed by atoms with van der Waals surface area (Å²) >= 11 is 0. The van der Waals surface area contributed by atoms with Gasteiger partial charge in [0, 0.05) is 24.3 Å². The van der Waals surface area contributed by atoms with Crippen molar-refractivity contribution >= 4 is 17.5 Å². The fourth-order valence-corrected chi connectivity index (χ4v) is 4.96. The Morgan fingerprint density at radius 2 is 1.60 bits per heavy atom. The monoisotopic (exact) mass is 631 g/mol. The summed E-state index contributed by atoms with van der Waals surface area (Å²) in [6, 6.07) is 12.4. The summed E-state index contributed by atoms with van der Waals surface area (Å²) in [6.45, 7) is 0.538. The zero-order chi connectivity index (χ0) is 32.2. The first kappa shape index (κ1) is 33.1. The maximum absolute atomic E-state index is 13.3. The van der Waals surface area contributed by atoms with Gasteiger partial charge >= 0.3 is 12.4 Å². The lowest BCUT2D eigenvalue weighted by atomic mass is 9.84. The number of aromatic nitrogens is 2. The second-order valence-corrected chi connectivity index (χ2v) is 10.4. The zero-order valence-corrected chi connectivity index (χ0v) is 25.0. The van der Waals surface area contributed by atoms with Crippen molar-refractivity contribution in [2.75, 3.05) is 32.6 Å². The third-order valence-corrected chi connectivity index (χ3v) is 7.14. The molecule has 1 aromatic heterocycles. The quantitative estimate of drug-likeness (QED) is 0.198. The molecule has 2 amide bonds. The molecule has 3 aromatic rings. The Labute approximate surface area is 258 Å². The highest BCUT2D eigenvalue weighted by Gasteiger charge is 2.31. The van der Waals surface area contributed by atoms with Crippen molar-refractivity contribution in [1.82, 2.24) is 20.6 Å². The molecule has 0 radical (unpaired) electrons. The largest absolute Gasteiger partial charge is 0.573 e. The molecule has 1 saturated carbocycles. The van der Waals surface area contributed by atoms with Gasteiger partial charge in [0.05, 0.1) is 20.3 Å². The van der Waals surface area contributed by atoms with Crippen LogP contribution in [-0.2, 0) is 4.79 Å². The fraction of sp³-hybridized carbons (Fsp3) is 0.419. The molecule has 2 aromatic carbocycles. The van der Waals surface area contributed by atoms with Gasteiger partial charge in [0.15, 0.2) is 0 Å². The Bertz CT molecular complexity index is 1400. The number of benzene rings is 2. The van der Waals surface area contributed by atoms with E-state index in [9.17, 15) is 22.8 Å². The molecular formula is C31H36F3N5O6. The van der Waals surface area contributed by atoms with Gasteiger partial charge in [-0.1, -0.05) is 38.2 Å². The number of ether oxygens (including phenoxy) is 4. The Hall–Kier alpha value is -4.75. The highest BCUT2D eigenvalue weighted by Crippen LogP contribution is 2.28. The van der Waals surface area contributed by atoms with Crippen molar-refractivity contribution in [3.8, 4) is 29.3 Å². The Morgan fingerprint density at radius 1 is 0.911 bits per heavy atom. The van der Waals surface area contributed by atoms with Crippen LogP contribution in [0, 0.1) is 5.92 Å². The minimum atomic E-state index is -4.76. The highest BCUT2D eigenvalue weighted by molar-refractivity contribution is 5.97. The molecule has 1 unspecified atom stereocenters. The standard InChI is InChI=1S/C31H36F3N5O6/c1-42-26-19-27(43-2)39-30(38-26)44-24-10-6-9-21(18-24)28(40)37-25(17-20-7-4-3-5-8-20)29(41)36-16-15-35-22-11-13-23(14-12-22)45-31(32,33)34/h6,9-14,18-20,25,35H,3-5,7-8,15-17H2,1-2H3,(H,36,41)(H,37,40). The van der Waals surface area contributed by atoms with Crippen molar-refractivity contribution in [3.63, 3.8) is 0 Å². The third-order valence-electron chi connectivity index (χ3n) is 7.14. The molecule has 0 bridgehead atoms. The lowest BCUT2D eigenvalue weighted by molar-refractivity contribution is -0.274. The molecule has 1 aliphatic rings. The summed E-state index contributed by atoms with van der Waals surface area (Å²) in [4.78, 5) is 34.9. The number of amides is 2. The number of nitrogens with zero attached hydrogens (tertiary/aromatic N) is 2. The van der Waals surface area contributed by atoms with Crippen LogP contribution in [0.1, 0.15) is 48.9 Å². The van der Waals surface area contributed by atoms with Gasteiger partial charge in [-0.3, -0.25) is 9.59 Å². The van der Waals surface area contributed by atoms with E-state index in [1.807, 2.05) is 0 Å². The van der Waals surface area contributed by atoms with E-state index in [-0.39, 0.29) is 41.5 Å². The average Bonchev–Trinajstić information content (AvgIpc) is 3.03. The molecular weight excluding hydrogens is 595 g/mol. The number of carbonyl (C=O) groups is 2. The molecule has 1 fully saturated rings. The molecule has 0 aliphatic heterocycles. The van der Waals surface area contributed by atoms with Crippen molar-refractivity contribution < 1.29 is 41.7 Å². The first-order valence-electron chi connectivity index (χ1n) is 14.5. The fourth-order valence-electron chi connectivity index (χ4n) is 4.96. The van der Waals surface area contributed by atoms with E-state index in [1.165, 1.54) is 50.6 Å². The van der Waals surface area contributed by atoms with Gasteiger partial charge in [0.2, 0.25) is 17.7 Å². The summed E-state index contributed by atoms with van der Waals surface area (Å²) in [5.74, 6) is -0.00480. The number of rotatable bonds is 14. The third kappa shape index (κ3) is 10.7. The summed E-state index contributed by atoms with van der Waals surface area (Å²) in [5, 5.41) is 8.78.